The molecule has 0 bridgehead atoms. The molecule has 0 saturated heterocycles. The molecule has 0 saturated carbocycles. The Kier molecular flexibility index (Phi) is 3.47. The molecule has 20 heavy (non-hydrogen) atoms. The van der Waals surface area contributed by atoms with Gasteiger partial charge < -0.3 is 0 Å². The molecule has 0 aliphatic rings. The summed E-state index contributed by atoms with van der Waals surface area (Å²) in [6.45, 7) is 0. The van der Waals surface area contributed by atoms with Crippen LogP contribution in [0.2, 0.25) is 10.0 Å². The number of nitrogens with zero attached hydrogens (tertiary/aromatic N) is 2. The zero-order valence-electron chi connectivity index (χ0n) is 10.2. The lowest BCUT2D eigenvalue weighted by Gasteiger charge is -2.02. The summed E-state index contributed by atoms with van der Waals surface area (Å²) in [4.78, 5) is 0. The summed E-state index contributed by atoms with van der Waals surface area (Å²) >= 11 is 11.9. The van der Waals surface area contributed by atoms with Crippen molar-refractivity contribution in [3.63, 3.8) is 0 Å². The van der Waals surface area contributed by atoms with E-state index in [1.54, 1.807) is 35.1 Å². The van der Waals surface area contributed by atoms with Crippen LogP contribution < -0.4 is 0 Å². The van der Waals surface area contributed by atoms with Crippen LogP contribution >= 0.6 is 23.2 Å². The molecular weight excluding hydrogens is 298 g/mol. The highest BCUT2D eigenvalue weighted by Gasteiger charge is 2.05. The van der Waals surface area contributed by atoms with E-state index in [9.17, 15) is 4.39 Å². The quantitative estimate of drug-likeness (QED) is 0.652. The summed E-state index contributed by atoms with van der Waals surface area (Å²) in [5.74, 6) is -0.259. The summed E-state index contributed by atoms with van der Waals surface area (Å²) in [7, 11) is 0. The third-order valence-corrected chi connectivity index (χ3v) is 3.67. The predicted molar refractivity (Wildman–Crippen MR) is 79.0 cm³/mol. The molecule has 0 spiro atoms. The Balaban J connectivity index is 1.97. The standard InChI is InChI=1S/C15H9Cl2FN2/c16-14-6-5-13(7-15(14)17)20-9-11(8-19-20)10-1-3-12(18)4-2-10/h1-9H. The number of hydrogen-bond donors (Lipinski definition) is 0. The first-order valence-electron chi connectivity index (χ1n) is 5.89. The fourth-order valence-corrected chi connectivity index (χ4v) is 2.18. The summed E-state index contributed by atoms with van der Waals surface area (Å²) in [5, 5.41) is 5.25. The van der Waals surface area contributed by atoms with Crippen molar-refractivity contribution in [3.05, 3.63) is 70.7 Å². The summed E-state index contributed by atoms with van der Waals surface area (Å²) in [5.41, 5.74) is 2.61. The van der Waals surface area contributed by atoms with E-state index in [2.05, 4.69) is 5.10 Å². The van der Waals surface area contributed by atoms with Gasteiger partial charge in [-0.2, -0.15) is 5.10 Å². The molecule has 0 fully saturated rings. The second-order valence-electron chi connectivity index (χ2n) is 4.28. The number of rotatable bonds is 2. The predicted octanol–water partition coefficient (Wildman–Crippen LogP) is 4.99. The molecule has 2 nitrogen and oxygen atoms in total. The van der Waals surface area contributed by atoms with Crippen molar-refractivity contribution in [1.29, 1.82) is 0 Å². The normalized spacial score (nSPS) is 10.8. The minimum atomic E-state index is -0.259. The highest BCUT2D eigenvalue weighted by Crippen LogP contribution is 2.25. The Hall–Kier alpha value is -1.84. The Morgan fingerprint density at radius 3 is 2.35 bits per heavy atom. The minimum absolute atomic E-state index is 0.259. The van der Waals surface area contributed by atoms with Crippen LogP contribution in [0.1, 0.15) is 0 Å². The third-order valence-electron chi connectivity index (χ3n) is 2.93. The number of benzene rings is 2. The number of aromatic nitrogens is 2. The van der Waals surface area contributed by atoms with Gasteiger partial charge in [-0.1, -0.05) is 35.3 Å². The molecule has 0 aliphatic carbocycles. The first-order chi connectivity index (χ1) is 9.63. The average Bonchev–Trinajstić information content (AvgIpc) is 2.92. The Morgan fingerprint density at radius 2 is 1.65 bits per heavy atom. The Bertz CT molecular complexity index is 751. The highest BCUT2D eigenvalue weighted by molar-refractivity contribution is 6.42. The van der Waals surface area contributed by atoms with Crippen LogP contribution in [0.3, 0.4) is 0 Å². The van der Waals surface area contributed by atoms with Crippen molar-refractivity contribution < 1.29 is 4.39 Å². The molecule has 0 N–H and O–H groups in total. The maximum Gasteiger partial charge on any atom is 0.123 e. The van der Waals surface area contributed by atoms with E-state index in [4.69, 9.17) is 23.2 Å². The Morgan fingerprint density at radius 1 is 0.900 bits per heavy atom. The van der Waals surface area contributed by atoms with Crippen LogP contribution in [-0.2, 0) is 0 Å². The molecule has 0 amide bonds. The van der Waals surface area contributed by atoms with Gasteiger partial charge in [-0.25, -0.2) is 9.07 Å². The first-order valence-corrected chi connectivity index (χ1v) is 6.65. The van der Waals surface area contributed by atoms with E-state index in [0.717, 1.165) is 16.8 Å². The van der Waals surface area contributed by atoms with E-state index in [1.807, 2.05) is 12.3 Å². The first kappa shape index (κ1) is 13.2. The second kappa shape index (κ2) is 5.27. The summed E-state index contributed by atoms with van der Waals surface area (Å²) in [6.07, 6.45) is 3.57. The van der Waals surface area contributed by atoms with E-state index in [-0.39, 0.29) is 5.82 Å². The lowest BCUT2D eigenvalue weighted by atomic mass is 10.1. The van der Waals surface area contributed by atoms with Crippen molar-refractivity contribution in [2.75, 3.05) is 0 Å². The van der Waals surface area contributed by atoms with Crippen molar-refractivity contribution in [2.45, 2.75) is 0 Å². The van der Waals surface area contributed by atoms with E-state index >= 15 is 0 Å². The van der Waals surface area contributed by atoms with Crippen LogP contribution in [0.25, 0.3) is 16.8 Å². The van der Waals surface area contributed by atoms with E-state index < -0.39 is 0 Å². The van der Waals surface area contributed by atoms with Crippen LogP contribution in [0.5, 0.6) is 0 Å². The van der Waals surface area contributed by atoms with Crippen molar-refractivity contribution in [3.8, 4) is 16.8 Å². The van der Waals surface area contributed by atoms with Gasteiger partial charge in [0, 0.05) is 11.8 Å². The lowest BCUT2D eigenvalue weighted by Crippen LogP contribution is -1.93. The largest absolute Gasteiger partial charge is 0.240 e. The van der Waals surface area contributed by atoms with Gasteiger partial charge in [0.1, 0.15) is 5.82 Å². The van der Waals surface area contributed by atoms with E-state index in [1.165, 1.54) is 12.1 Å². The molecular formula is C15H9Cl2FN2. The topological polar surface area (TPSA) is 17.8 Å². The third kappa shape index (κ3) is 2.55. The minimum Gasteiger partial charge on any atom is -0.240 e. The van der Waals surface area contributed by atoms with Crippen molar-refractivity contribution in [1.82, 2.24) is 9.78 Å². The molecule has 100 valence electrons. The number of hydrogen-bond acceptors (Lipinski definition) is 1. The van der Waals surface area contributed by atoms with Gasteiger partial charge in [-0.3, -0.25) is 0 Å². The van der Waals surface area contributed by atoms with Gasteiger partial charge in [0.2, 0.25) is 0 Å². The van der Waals surface area contributed by atoms with Crippen molar-refractivity contribution in [2.24, 2.45) is 0 Å². The summed E-state index contributed by atoms with van der Waals surface area (Å²) < 4.78 is 14.6. The molecule has 0 radical (unpaired) electrons. The maximum atomic E-state index is 12.9. The molecule has 0 aliphatic heterocycles. The van der Waals surface area contributed by atoms with Gasteiger partial charge in [0.05, 0.1) is 21.9 Å². The second-order valence-corrected chi connectivity index (χ2v) is 5.09. The molecule has 2 aromatic carbocycles. The van der Waals surface area contributed by atoms with Crippen LogP contribution in [0, 0.1) is 5.82 Å². The van der Waals surface area contributed by atoms with Crippen LogP contribution in [0.4, 0.5) is 4.39 Å². The summed E-state index contributed by atoms with van der Waals surface area (Å²) in [6, 6.07) is 11.6. The number of halogens is 3. The van der Waals surface area contributed by atoms with Gasteiger partial charge in [0.25, 0.3) is 0 Å². The molecule has 1 aromatic heterocycles. The van der Waals surface area contributed by atoms with Crippen molar-refractivity contribution >= 4 is 23.2 Å². The molecule has 3 rings (SSSR count). The average molecular weight is 307 g/mol. The fourth-order valence-electron chi connectivity index (χ4n) is 1.88. The van der Waals surface area contributed by atoms with Gasteiger partial charge in [-0.15, -0.1) is 0 Å². The molecule has 3 aromatic rings. The van der Waals surface area contributed by atoms with E-state index in [0.29, 0.717) is 10.0 Å². The van der Waals surface area contributed by atoms with Gasteiger partial charge in [-0.05, 0) is 35.9 Å². The maximum absolute atomic E-state index is 12.9. The lowest BCUT2D eigenvalue weighted by molar-refractivity contribution is 0.628. The molecule has 0 unspecified atom stereocenters. The zero-order chi connectivity index (χ0) is 14.1. The zero-order valence-corrected chi connectivity index (χ0v) is 11.7. The Labute approximate surface area is 125 Å². The van der Waals surface area contributed by atoms with Gasteiger partial charge >= 0.3 is 0 Å². The molecule has 0 atom stereocenters. The molecule has 1 heterocycles. The fraction of sp³-hybridized carbons (Fsp3) is 0. The molecule has 5 heteroatoms. The SMILES string of the molecule is Fc1ccc(-c2cnn(-c3ccc(Cl)c(Cl)c3)c2)cc1. The van der Waals surface area contributed by atoms with Gasteiger partial charge in [0.15, 0.2) is 0 Å². The highest BCUT2D eigenvalue weighted by atomic mass is 35.5. The van der Waals surface area contributed by atoms with Crippen LogP contribution in [0.15, 0.2) is 54.9 Å². The van der Waals surface area contributed by atoms with Crippen LogP contribution in [-0.4, -0.2) is 9.78 Å². The smallest absolute Gasteiger partial charge is 0.123 e. The monoisotopic (exact) mass is 306 g/mol.